The van der Waals surface area contributed by atoms with E-state index in [0.717, 1.165) is 16.1 Å². The highest BCUT2D eigenvalue weighted by atomic mass is 32.1. The number of nitro groups is 1. The van der Waals surface area contributed by atoms with Gasteiger partial charge in [-0.05, 0) is 20.8 Å². The van der Waals surface area contributed by atoms with Crippen molar-refractivity contribution in [3.8, 4) is 11.3 Å². The Hall–Kier alpha value is -3.32. The quantitative estimate of drug-likeness (QED) is 0.247. The molecule has 0 saturated heterocycles. The van der Waals surface area contributed by atoms with E-state index >= 15 is 0 Å². The number of nitrogens with zero attached hydrogens (tertiary/aromatic N) is 4. The smallest absolute Gasteiger partial charge is 0.258 e. The lowest BCUT2D eigenvalue weighted by molar-refractivity contribution is -0.385. The first-order valence-corrected chi connectivity index (χ1v) is 9.98. The Kier molecular flexibility index (Phi) is 6.19. The van der Waals surface area contributed by atoms with E-state index < -0.39 is 0 Å². The normalized spacial score (nSPS) is 12.2. The number of thiazole rings is 1. The van der Waals surface area contributed by atoms with Crippen molar-refractivity contribution in [2.45, 2.75) is 20.8 Å². The summed E-state index contributed by atoms with van der Waals surface area (Å²) in [5.41, 5.74) is 5.20. The number of aryl methyl sites for hydroxylation is 2. The zero-order valence-corrected chi connectivity index (χ0v) is 17.4. The second kappa shape index (κ2) is 8.79. The zero-order chi connectivity index (χ0) is 21.0. The fourth-order valence-corrected chi connectivity index (χ4v) is 3.65. The molecule has 2 aromatic carbocycles. The fourth-order valence-electron chi connectivity index (χ4n) is 2.81. The van der Waals surface area contributed by atoms with Crippen molar-refractivity contribution in [3.05, 3.63) is 92.1 Å². The van der Waals surface area contributed by atoms with Crippen LogP contribution in [0.5, 0.6) is 0 Å². The molecule has 0 N–H and O–H groups in total. The van der Waals surface area contributed by atoms with E-state index in [0.29, 0.717) is 23.4 Å². The van der Waals surface area contributed by atoms with Crippen LogP contribution in [0.25, 0.3) is 11.3 Å². The first kappa shape index (κ1) is 20.4. The number of benzene rings is 2. The van der Waals surface area contributed by atoms with Crippen molar-refractivity contribution in [2.75, 3.05) is 6.54 Å². The Labute approximate surface area is 173 Å². The van der Waals surface area contributed by atoms with E-state index in [1.807, 2.05) is 37.4 Å². The van der Waals surface area contributed by atoms with Crippen molar-refractivity contribution < 1.29 is 4.92 Å². The molecule has 0 aliphatic rings. The van der Waals surface area contributed by atoms with Gasteiger partial charge in [0.15, 0.2) is 0 Å². The van der Waals surface area contributed by atoms with Crippen LogP contribution in [0.1, 0.15) is 23.6 Å². The predicted octanol–water partition coefficient (Wildman–Crippen LogP) is 5.10. The van der Waals surface area contributed by atoms with Crippen LogP contribution in [-0.4, -0.2) is 21.9 Å². The first-order chi connectivity index (χ1) is 13.9. The van der Waals surface area contributed by atoms with Gasteiger partial charge in [-0.15, -0.1) is 17.9 Å². The molecule has 0 fully saturated rings. The fraction of sp³-hybridized carbons (Fsp3) is 0.182. The average molecular weight is 407 g/mol. The van der Waals surface area contributed by atoms with Crippen LogP contribution in [0.2, 0.25) is 0 Å². The Balaban J connectivity index is 2.14. The summed E-state index contributed by atoms with van der Waals surface area (Å²) in [5, 5.41) is 18.1. The van der Waals surface area contributed by atoms with Gasteiger partial charge in [0.25, 0.3) is 5.69 Å². The van der Waals surface area contributed by atoms with Crippen LogP contribution in [0.15, 0.2) is 70.6 Å². The summed E-state index contributed by atoms with van der Waals surface area (Å²) in [6.07, 6.45) is 1.73. The lowest BCUT2D eigenvalue weighted by Gasteiger charge is -2.07. The van der Waals surface area contributed by atoms with Crippen LogP contribution in [-0.2, 0) is 0 Å². The third kappa shape index (κ3) is 4.57. The molecule has 148 valence electrons. The monoisotopic (exact) mass is 406 g/mol. The number of hydrogen-bond donors (Lipinski definition) is 0. The minimum Gasteiger partial charge on any atom is -0.258 e. The van der Waals surface area contributed by atoms with Gasteiger partial charge in [0.1, 0.15) is 0 Å². The maximum Gasteiger partial charge on any atom is 0.272 e. The Bertz CT molecular complexity index is 1150. The number of hydrogen-bond acceptors (Lipinski definition) is 5. The molecule has 0 aliphatic heterocycles. The van der Waals surface area contributed by atoms with Crippen molar-refractivity contribution in [3.63, 3.8) is 0 Å². The lowest BCUT2D eigenvalue weighted by atomic mass is 10.1. The highest BCUT2D eigenvalue weighted by Crippen LogP contribution is 2.22. The third-order valence-corrected chi connectivity index (χ3v) is 5.32. The summed E-state index contributed by atoms with van der Waals surface area (Å²) in [6, 6.07) is 13.4. The van der Waals surface area contributed by atoms with Crippen molar-refractivity contribution in [1.82, 2.24) is 4.68 Å². The van der Waals surface area contributed by atoms with E-state index in [1.54, 1.807) is 29.8 Å². The SMILES string of the molecule is C=CCN=c1scc(-c2ccc(C)cc2)n1N=C(C)c1ccc(C)c([N+](=O)[O-])c1. The molecule has 7 heteroatoms. The Morgan fingerprint density at radius 3 is 2.62 bits per heavy atom. The molecular weight excluding hydrogens is 384 g/mol. The minimum atomic E-state index is -0.369. The molecule has 6 nitrogen and oxygen atoms in total. The molecule has 0 amide bonds. The summed E-state index contributed by atoms with van der Waals surface area (Å²) < 4.78 is 1.79. The summed E-state index contributed by atoms with van der Waals surface area (Å²) in [6.45, 7) is 9.82. The van der Waals surface area contributed by atoms with Gasteiger partial charge < -0.3 is 0 Å². The van der Waals surface area contributed by atoms with Crippen LogP contribution in [0.4, 0.5) is 5.69 Å². The molecule has 29 heavy (non-hydrogen) atoms. The molecule has 0 unspecified atom stereocenters. The molecule has 0 saturated carbocycles. The van der Waals surface area contributed by atoms with Gasteiger partial charge in [0, 0.05) is 28.1 Å². The molecule has 1 aromatic heterocycles. The van der Waals surface area contributed by atoms with Crippen LogP contribution < -0.4 is 4.80 Å². The molecule has 0 radical (unpaired) electrons. The van der Waals surface area contributed by atoms with E-state index in [-0.39, 0.29) is 10.6 Å². The standard InChI is InChI=1S/C22H22N4O2S/c1-5-12-23-22-25(21(14-29-22)18-9-6-15(2)7-10-18)24-17(4)19-11-8-16(3)20(13-19)26(27)28/h5-11,13-14H,1,12H2,2-4H3. The maximum absolute atomic E-state index is 11.3. The molecule has 3 rings (SSSR count). The highest BCUT2D eigenvalue weighted by Gasteiger charge is 2.13. The maximum atomic E-state index is 11.3. The third-order valence-electron chi connectivity index (χ3n) is 4.46. The van der Waals surface area contributed by atoms with Gasteiger partial charge in [-0.3, -0.25) is 15.1 Å². The van der Waals surface area contributed by atoms with Crippen LogP contribution in [0.3, 0.4) is 0 Å². The molecule has 0 aliphatic carbocycles. The topological polar surface area (TPSA) is 72.8 Å². The van der Waals surface area contributed by atoms with Gasteiger partial charge in [0.05, 0.1) is 22.9 Å². The Morgan fingerprint density at radius 1 is 1.24 bits per heavy atom. The van der Waals surface area contributed by atoms with Crippen molar-refractivity contribution >= 4 is 22.7 Å². The van der Waals surface area contributed by atoms with Gasteiger partial charge in [-0.2, -0.15) is 5.10 Å². The van der Waals surface area contributed by atoms with Gasteiger partial charge >= 0.3 is 0 Å². The van der Waals surface area contributed by atoms with E-state index in [2.05, 4.69) is 23.7 Å². The second-order valence-corrected chi connectivity index (χ2v) is 7.49. The summed E-state index contributed by atoms with van der Waals surface area (Å²) in [5.74, 6) is 0. The van der Waals surface area contributed by atoms with Crippen LogP contribution >= 0.6 is 11.3 Å². The van der Waals surface area contributed by atoms with E-state index in [9.17, 15) is 10.1 Å². The van der Waals surface area contributed by atoms with E-state index in [4.69, 9.17) is 5.10 Å². The molecule has 0 bridgehead atoms. The summed E-state index contributed by atoms with van der Waals surface area (Å²) in [7, 11) is 0. The lowest BCUT2D eigenvalue weighted by Crippen LogP contribution is -2.14. The first-order valence-electron chi connectivity index (χ1n) is 9.10. The molecule has 1 heterocycles. The molecular formula is C22H22N4O2S. The average Bonchev–Trinajstić information content (AvgIpc) is 3.09. The summed E-state index contributed by atoms with van der Waals surface area (Å²) in [4.78, 5) is 16.2. The van der Waals surface area contributed by atoms with Gasteiger partial charge in [-0.1, -0.05) is 48.0 Å². The number of rotatable bonds is 6. The Morgan fingerprint density at radius 2 is 1.97 bits per heavy atom. The number of aromatic nitrogens is 1. The van der Waals surface area contributed by atoms with Crippen molar-refractivity contribution in [1.29, 1.82) is 0 Å². The van der Waals surface area contributed by atoms with Gasteiger partial charge in [0.2, 0.25) is 4.80 Å². The van der Waals surface area contributed by atoms with Gasteiger partial charge in [-0.25, -0.2) is 4.68 Å². The zero-order valence-electron chi connectivity index (χ0n) is 16.6. The molecule has 3 aromatic rings. The minimum absolute atomic E-state index is 0.0858. The largest absolute Gasteiger partial charge is 0.272 e. The molecule has 0 spiro atoms. The van der Waals surface area contributed by atoms with E-state index in [1.165, 1.54) is 16.9 Å². The predicted molar refractivity (Wildman–Crippen MR) is 119 cm³/mol. The highest BCUT2D eigenvalue weighted by molar-refractivity contribution is 7.07. The summed E-state index contributed by atoms with van der Waals surface area (Å²) >= 11 is 1.50. The second-order valence-electron chi connectivity index (χ2n) is 6.65. The van der Waals surface area contributed by atoms with Crippen LogP contribution in [0, 0.1) is 24.0 Å². The van der Waals surface area contributed by atoms with Crippen molar-refractivity contribution in [2.24, 2.45) is 10.1 Å². The number of nitro benzene ring substituents is 1. The molecule has 0 atom stereocenters.